The Morgan fingerprint density at radius 2 is 1.96 bits per heavy atom. The second-order valence-electron chi connectivity index (χ2n) is 6.43. The number of amides is 2. The lowest BCUT2D eigenvalue weighted by atomic mass is 10.1. The molecular formula is C19H24N4O2S. The van der Waals surface area contributed by atoms with Gasteiger partial charge < -0.3 is 10.6 Å². The van der Waals surface area contributed by atoms with Crippen LogP contribution in [-0.2, 0) is 18.3 Å². The minimum atomic E-state index is -0.178. The molecule has 2 heterocycles. The van der Waals surface area contributed by atoms with E-state index in [9.17, 15) is 9.59 Å². The van der Waals surface area contributed by atoms with E-state index in [-0.39, 0.29) is 17.9 Å². The topological polar surface area (TPSA) is 76.0 Å². The molecule has 26 heavy (non-hydrogen) atoms. The minimum Gasteiger partial charge on any atom is -0.348 e. The zero-order chi connectivity index (χ0) is 18.4. The standard InChI is InChI=1S/C19H24N4O2S/c1-23-17(21-18(24)8-7-14-5-3-2-4-6-14)13-16(22-23)19(25)20-15-9-11-26-12-10-15/h2-6,13,15H,7-12H2,1H3,(H,20,25)(H,21,24). The molecule has 3 rings (SSSR count). The number of hydrogen-bond donors (Lipinski definition) is 2. The smallest absolute Gasteiger partial charge is 0.272 e. The molecule has 1 aliphatic heterocycles. The van der Waals surface area contributed by atoms with E-state index >= 15 is 0 Å². The fourth-order valence-electron chi connectivity index (χ4n) is 2.90. The number of benzene rings is 1. The number of nitrogens with zero attached hydrogens (tertiary/aromatic N) is 2. The van der Waals surface area contributed by atoms with Crippen molar-refractivity contribution < 1.29 is 9.59 Å². The lowest BCUT2D eigenvalue weighted by Gasteiger charge is -2.21. The Kier molecular flexibility index (Phi) is 6.33. The zero-order valence-corrected chi connectivity index (χ0v) is 15.7. The predicted molar refractivity (Wildman–Crippen MR) is 104 cm³/mol. The number of hydrogen-bond acceptors (Lipinski definition) is 4. The maximum Gasteiger partial charge on any atom is 0.272 e. The van der Waals surface area contributed by atoms with Crippen molar-refractivity contribution in [3.63, 3.8) is 0 Å². The summed E-state index contributed by atoms with van der Waals surface area (Å²) in [6, 6.07) is 11.7. The van der Waals surface area contributed by atoms with Crippen LogP contribution in [0.1, 0.15) is 35.3 Å². The fraction of sp³-hybridized carbons (Fsp3) is 0.421. The van der Waals surface area contributed by atoms with Gasteiger partial charge in [-0.25, -0.2) is 0 Å². The molecule has 2 amide bonds. The molecule has 0 spiro atoms. The van der Waals surface area contributed by atoms with E-state index in [1.807, 2.05) is 42.1 Å². The van der Waals surface area contributed by atoms with Crippen molar-refractivity contribution in [2.75, 3.05) is 16.8 Å². The van der Waals surface area contributed by atoms with Crippen LogP contribution in [0.25, 0.3) is 0 Å². The average Bonchev–Trinajstić information content (AvgIpc) is 3.02. The van der Waals surface area contributed by atoms with E-state index in [0.717, 1.165) is 29.9 Å². The van der Waals surface area contributed by atoms with Gasteiger partial charge in [0.1, 0.15) is 5.82 Å². The van der Waals surface area contributed by atoms with Crippen LogP contribution in [0.15, 0.2) is 36.4 Å². The maximum atomic E-state index is 12.4. The van der Waals surface area contributed by atoms with Crippen LogP contribution in [-0.4, -0.2) is 39.1 Å². The number of carbonyl (C=O) groups excluding carboxylic acids is 2. The van der Waals surface area contributed by atoms with Gasteiger partial charge in [0, 0.05) is 25.6 Å². The third kappa shape index (κ3) is 5.11. The molecule has 0 unspecified atom stereocenters. The van der Waals surface area contributed by atoms with Gasteiger partial charge in [0.25, 0.3) is 5.91 Å². The first kappa shape index (κ1) is 18.5. The summed E-state index contributed by atoms with van der Waals surface area (Å²) in [5, 5.41) is 10.1. The molecule has 7 heteroatoms. The molecule has 1 aliphatic rings. The first-order chi connectivity index (χ1) is 12.6. The summed E-state index contributed by atoms with van der Waals surface area (Å²) in [5.74, 6) is 2.42. The maximum absolute atomic E-state index is 12.4. The van der Waals surface area contributed by atoms with Crippen molar-refractivity contribution in [3.05, 3.63) is 47.7 Å². The highest BCUT2D eigenvalue weighted by Gasteiger charge is 2.20. The van der Waals surface area contributed by atoms with E-state index in [4.69, 9.17) is 0 Å². The van der Waals surface area contributed by atoms with E-state index in [2.05, 4.69) is 15.7 Å². The lowest BCUT2D eigenvalue weighted by molar-refractivity contribution is -0.116. The normalized spacial score (nSPS) is 14.8. The van der Waals surface area contributed by atoms with E-state index < -0.39 is 0 Å². The summed E-state index contributed by atoms with van der Waals surface area (Å²) in [5.41, 5.74) is 1.46. The van der Waals surface area contributed by atoms with E-state index in [1.54, 1.807) is 13.1 Å². The van der Waals surface area contributed by atoms with Gasteiger partial charge in [-0.3, -0.25) is 14.3 Å². The van der Waals surface area contributed by atoms with Crippen molar-refractivity contribution in [2.24, 2.45) is 7.05 Å². The van der Waals surface area contributed by atoms with Gasteiger partial charge in [0.05, 0.1) is 0 Å². The highest BCUT2D eigenvalue weighted by atomic mass is 32.2. The van der Waals surface area contributed by atoms with Gasteiger partial charge in [-0.1, -0.05) is 30.3 Å². The quantitative estimate of drug-likeness (QED) is 0.817. The summed E-state index contributed by atoms with van der Waals surface area (Å²) in [7, 11) is 1.72. The first-order valence-electron chi connectivity index (χ1n) is 8.88. The van der Waals surface area contributed by atoms with Crippen LogP contribution in [0, 0.1) is 0 Å². The van der Waals surface area contributed by atoms with Crippen LogP contribution >= 0.6 is 11.8 Å². The van der Waals surface area contributed by atoms with Crippen molar-refractivity contribution in [2.45, 2.75) is 31.7 Å². The number of rotatable bonds is 6. The second-order valence-corrected chi connectivity index (χ2v) is 7.66. The van der Waals surface area contributed by atoms with Crippen molar-refractivity contribution in [1.82, 2.24) is 15.1 Å². The van der Waals surface area contributed by atoms with Crippen LogP contribution in [0.4, 0.5) is 5.82 Å². The van der Waals surface area contributed by atoms with Crippen LogP contribution in [0.3, 0.4) is 0 Å². The first-order valence-corrected chi connectivity index (χ1v) is 10.0. The summed E-state index contributed by atoms with van der Waals surface area (Å²) in [6.45, 7) is 0. The molecule has 6 nitrogen and oxygen atoms in total. The molecule has 0 radical (unpaired) electrons. The molecule has 1 aromatic carbocycles. The number of aromatic nitrogens is 2. The Bertz CT molecular complexity index is 754. The highest BCUT2D eigenvalue weighted by molar-refractivity contribution is 7.99. The average molecular weight is 372 g/mol. The predicted octanol–water partition coefficient (Wildman–Crippen LogP) is 2.62. The van der Waals surface area contributed by atoms with Crippen LogP contribution in [0.5, 0.6) is 0 Å². The summed E-state index contributed by atoms with van der Waals surface area (Å²) in [6.07, 6.45) is 3.05. The number of aryl methyl sites for hydroxylation is 2. The molecule has 138 valence electrons. The number of thioether (sulfide) groups is 1. The lowest BCUT2D eigenvalue weighted by Crippen LogP contribution is -2.37. The number of anilines is 1. The molecule has 0 saturated carbocycles. The Labute approximate surface area is 157 Å². The van der Waals surface area contributed by atoms with Gasteiger partial charge in [0.2, 0.25) is 5.91 Å². The fourth-order valence-corrected chi connectivity index (χ4v) is 4.01. The Balaban J connectivity index is 1.53. The van der Waals surface area contributed by atoms with Gasteiger partial charge >= 0.3 is 0 Å². The van der Waals surface area contributed by atoms with Crippen LogP contribution in [0.2, 0.25) is 0 Å². The SMILES string of the molecule is Cn1nc(C(=O)NC2CCSCC2)cc1NC(=O)CCc1ccccc1. The highest BCUT2D eigenvalue weighted by Crippen LogP contribution is 2.18. The molecule has 0 atom stereocenters. The molecule has 0 aliphatic carbocycles. The monoisotopic (exact) mass is 372 g/mol. The number of nitrogens with one attached hydrogen (secondary N) is 2. The Hall–Kier alpha value is -2.28. The summed E-state index contributed by atoms with van der Waals surface area (Å²) in [4.78, 5) is 24.5. The third-order valence-corrected chi connectivity index (χ3v) is 5.47. The van der Waals surface area contributed by atoms with Gasteiger partial charge in [-0.15, -0.1) is 0 Å². The van der Waals surface area contributed by atoms with Crippen molar-refractivity contribution in [3.8, 4) is 0 Å². The third-order valence-electron chi connectivity index (χ3n) is 4.42. The summed E-state index contributed by atoms with van der Waals surface area (Å²) >= 11 is 1.92. The largest absolute Gasteiger partial charge is 0.348 e. The molecule has 1 saturated heterocycles. The van der Waals surface area contributed by atoms with Crippen molar-refractivity contribution in [1.29, 1.82) is 0 Å². The van der Waals surface area contributed by atoms with E-state index in [0.29, 0.717) is 24.4 Å². The Morgan fingerprint density at radius 3 is 2.69 bits per heavy atom. The number of carbonyl (C=O) groups is 2. The van der Waals surface area contributed by atoms with Gasteiger partial charge in [-0.2, -0.15) is 16.9 Å². The summed E-state index contributed by atoms with van der Waals surface area (Å²) < 4.78 is 1.53. The Morgan fingerprint density at radius 1 is 1.23 bits per heavy atom. The van der Waals surface area contributed by atoms with Gasteiger partial charge in [-0.05, 0) is 36.3 Å². The second kappa shape index (κ2) is 8.89. The van der Waals surface area contributed by atoms with Crippen molar-refractivity contribution >= 4 is 29.4 Å². The zero-order valence-electron chi connectivity index (χ0n) is 14.9. The molecule has 1 fully saturated rings. The van der Waals surface area contributed by atoms with Gasteiger partial charge in [0.15, 0.2) is 5.69 Å². The van der Waals surface area contributed by atoms with Crippen LogP contribution < -0.4 is 10.6 Å². The molecule has 1 aromatic heterocycles. The molecule has 0 bridgehead atoms. The molecular weight excluding hydrogens is 348 g/mol. The minimum absolute atomic E-state index is 0.0897. The van der Waals surface area contributed by atoms with E-state index in [1.165, 1.54) is 4.68 Å². The molecule has 2 aromatic rings. The molecule has 2 N–H and O–H groups in total.